The fourth-order valence-corrected chi connectivity index (χ4v) is 1.56. The lowest BCUT2D eigenvalue weighted by Crippen LogP contribution is -2.17. The van der Waals surface area contributed by atoms with E-state index in [1.54, 1.807) is 30.3 Å². The molecular weight excluding hydrogens is 242 g/mol. The van der Waals surface area contributed by atoms with Crippen molar-refractivity contribution in [2.75, 3.05) is 12.4 Å². The maximum absolute atomic E-state index is 11.7. The van der Waals surface area contributed by atoms with Crippen LogP contribution >= 0.6 is 0 Å². The third-order valence-electron chi connectivity index (χ3n) is 2.45. The van der Waals surface area contributed by atoms with Gasteiger partial charge in [-0.25, -0.2) is 4.79 Å². The first-order valence-electron chi connectivity index (χ1n) is 5.73. The number of hydrogen-bond donors (Lipinski definition) is 1. The molecule has 97 valence electrons. The molecule has 0 saturated carbocycles. The summed E-state index contributed by atoms with van der Waals surface area (Å²) in [6.45, 7) is 3.78. The molecule has 0 fully saturated rings. The first-order valence-corrected chi connectivity index (χ1v) is 5.73. The van der Waals surface area contributed by atoms with Crippen molar-refractivity contribution in [2.24, 2.45) is 0 Å². The van der Waals surface area contributed by atoms with Crippen LogP contribution in [-0.4, -0.2) is 13.2 Å². The molecule has 0 aliphatic rings. The number of methoxy groups -OCH3 is 1. The van der Waals surface area contributed by atoms with Crippen LogP contribution in [0.4, 0.5) is 10.5 Å². The highest BCUT2D eigenvalue weighted by Crippen LogP contribution is 2.28. The Balaban J connectivity index is 2.07. The summed E-state index contributed by atoms with van der Waals surface area (Å²) < 4.78 is 10.3. The number of anilines is 1. The monoisotopic (exact) mass is 256 g/mol. The Morgan fingerprint density at radius 1 is 1.11 bits per heavy atom. The van der Waals surface area contributed by atoms with Gasteiger partial charge in [0.15, 0.2) is 11.5 Å². The van der Waals surface area contributed by atoms with Gasteiger partial charge in [-0.3, -0.25) is 5.32 Å². The molecule has 0 aliphatic carbocycles. The van der Waals surface area contributed by atoms with Gasteiger partial charge in [-0.15, -0.1) is 0 Å². The van der Waals surface area contributed by atoms with Gasteiger partial charge in [0.2, 0.25) is 0 Å². The Morgan fingerprint density at radius 3 is 2.53 bits per heavy atom. The van der Waals surface area contributed by atoms with Crippen molar-refractivity contribution in [3.05, 3.63) is 61.0 Å². The molecule has 2 aromatic carbocycles. The van der Waals surface area contributed by atoms with Crippen molar-refractivity contribution < 1.29 is 14.3 Å². The van der Waals surface area contributed by atoms with Crippen molar-refractivity contribution in [3.63, 3.8) is 0 Å². The molecule has 2 rings (SSSR count). The van der Waals surface area contributed by atoms with Gasteiger partial charge in [0.1, 0.15) is 0 Å². The van der Waals surface area contributed by atoms with E-state index in [0.29, 0.717) is 17.2 Å². The second kappa shape index (κ2) is 5.91. The highest BCUT2D eigenvalue weighted by atomic mass is 16.6. The predicted octanol–water partition coefficient (Wildman–Crippen LogP) is 3.49. The Bertz CT molecular complexity index is 567. The molecule has 0 unspecified atom stereocenters. The van der Waals surface area contributed by atoms with E-state index in [-0.39, 0.29) is 0 Å². The molecule has 1 N–H and O–H groups in total. The van der Waals surface area contributed by atoms with Crippen LogP contribution in [0.15, 0.2) is 48.5 Å². The van der Waals surface area contributed by atoms with Crippen molar-refractivity contribution in [2.45, 2.75) is 0 Å². The molecule has 0 aromatic heterocycles. The van der Waals surface area contributed by atoms with Gasteiger partial charge >= 0.3 is 6.09 Å². The summed E-state index contributed by atoms with van der Waals surface area (Å²) in [5.74, 6) is 0.819. The van der Waals surface area contributed by atoms with E-state index in [9.17, 15) is 4.79 Å². The van der Waals surface area contributed by atoms with E-state index in [4.69, 9.17) is 9.47 Å². The summed E-state index contributed by atoms with van der Waals surface area (Å²) in [6, 6.07) is 14.2. The summed E-state index contributed by atoms with van der Waals surface area (Å²) in [4.78, 5) is 11.7. The molecule has 19 heavy (non-hydrogen) atoms. The average Bonchev–Trinajstić information content (AvgIpc) is 2.42. The Morgan fingerprint density at radius 2 is 1.84 bits per heavy atom. The summed E-state index contributed by atoms with van der Waals surface area (Å²) in [5.41, 5.74) is 1.45. The van der Waals surface area contributed by atoms with E-state index < -0.39 is 6.09 Å². The van der Waals surface area contributed by atoms with Crippen molar-refractivity contribution in [1.29, 1.82) is 0 Å². The van der Waals surface area contributed by atoms with Gasteiger partial charge in [0.25, 0.3) is 0 Å². The number of carbonyl (C=O) groups excluding carboxylic acids is 1. The highest BCUT2D eigenvalue weighted by molar-refractivity contribution is 5.86. The van der Waals surface area contributed by atoms with Crippen molar-refractivity contribution >= 4 is 11.8 Å². The SMILES string of the molecule is [CH2]c1ccc(OC(=O)Nc2ccccc2)c(OC)c1. The van der Waals surface area contributed by atoms with E-state index in [0.717, 1.165) is 5.56 Å². The lowest BCUT2D eigenvalue weighted by atomic mass is 10.2. The largest absolute Gasteiger partial charge is 0.493 e. The number of hydrogen-bond acceptors (Lipinski definition) is 3. The molecule has 2 aromatic rings. The van der Waals surface area contributed by atoms with Gasteiger partial charge in [0, 0.05) is 5.69 Å². The van der Waals surface area contributed by atoms with Crippen LogP contribution in [0.25, 0.3) is 0 Å². The zero-order valence-corrected chi connectivity index (χ0v) is 10.6. The standard InChI is InChI=1S/C15H14NO3/c1-11-8-9-13(14(10-11)18-2)19-15(17)16-12-6-4-3-5-7-12/h3-10H,1H2,2H3,(H,16,17). The van der Waals surface area contributed by atoms with Crippen molar-refractivity contribution in [3.8, 4) is 11.5 Å². The van der Waals surface area contributed by atoms with Crippen LogP contribution in [0.2, 0.25) is 0 Å². The molecule has 1 radical (unpaired) electrons. The number of ether oxygens (including phenoxy) is 2. The molecule has 0 aliphatic heterocycles. The quantitative estimate of drug-likeness (QED) is 0.914. The zero-order chi connectivity index (χ0) is 13.7. The molecule has 4 nitrogen and oxygen atoms in total. The maximum atomic E-state index is 11.7. The van der Waals surface area contributed by atoms with Crippen LogP contribution in [0.1, 0.15) is 5.56 Å². The van der Waals surface area contributed by atoms with E-state index in [2.05, 4.69) is 12.2 Å². The van der Waals surface area contributed by atoms with Gasteiger partial charge in [-0.05, 0) is 36.8 Å². The second-order valence-electron chi connectivity index (χ2n) is 3.87. The fourth-order valence-electron chi connectivity index (χ4n) is 1.56. The predicted molar refractivity (Wildman–Crippen MR) is 73.5 cm³/mol. The second-order valence-corrected chi connectivity index (χ2v) is 3.87. The van der Waals surface area contributed by atoms with Gasteiger partial charge in [0.05, 0.1) is 7.11 Å². The Kier molecular flexibility index (Phi) is 4.03. The van der Waals surface area contributed by atoms with Gasteiger partial charge in [-0.2, -0.15) is 0 Å². The first-order chi connectivity index (χ1) is 9.19. The van der Waals surface area contributed by atoms with Crippen molar-refractivity contribution in [1.82, 2.24) is 0 Å². The van der Waals surface area contributed by atoms with E-state index in [1.165, 1.54) is 7.11 Å². The number of nitrogens with one attached hydrogen (secondary N) is 1. The highest BCUT2D eigenvalue weighted by Gasteiger charge is 2.10. The minimum Gasteiger partial charge on any atom is -0.493 e. The smallest absolute Gasteiger partial charge is 0.417 e. The van der Waals surface area contributed by atoms with E-state index >= 15 is 0 Å². The zero-order valence-electron chi connectivity index (χ0n) is 10.6. The van der Waals surface area contributed by atoms with Crippen LogP contribution in [0.3, 0.4) is 0 Å². The molecule has 0 heterocycles. The molecule has 4 heteroatoms. The summed E-state index contributed by atoms with van der Waals surface area (Å²) >= 11 is 0. The average molecular weight is 256 g/mol. The van der Waals surface area contributed by atoms with Gasteiger partial charge < -0.3 is 9.47 Å². The summed E-state index contributed by atoms with van der Waals surface area (Å²) in [6.07, 6.45) is -0.568. The summed E-state index contributed by atoms with van der Waals surface area (Å²) in [7, 11) is 1.51. The number of para-hydroxylation sites is 1. The lowest BCUT2D eigenvalue weighted by Gasteiger charge is -2.10. The van der Waals surface area contributed by atoms with Gasteiger partial charge in [-0.1, -0.05) is 24.3 Å². The van der Waals surface area contributed by atoms with Crippen LogP contribution in [0, 0.1) is 6.92 Å². The maximum Gasteiger partial charge on any atom is 0.417 e. The lowest BCUT2D eigenvalue weighted by molar-refractivity contribution is 0.213. The number of carbonyl (C=O) groups is 1. The van der Waals surface area contributed by atoms with Crippen LogP contribution in [-0.2, 0) is 0 Å². The first kappa shape index (κ1) is 13.0. The Hall–Kier alpha value is -2.49. The Labute approximate surface area is 112 Å². The number of benzene rings is 2. The molecule has 0 saturated heterocycles. The molecule has 1 amide bonds. The third-order valence-corrected chi connectivity index (χ3v) is 2.45. The number of rotatable bonds is 3. The third kappa shape index (κ3) is 3.48. The minimum atomic E-state index is -0.568. The van der Waals surface area contributed by atoms with E-state index in [1.807, 2.05) is 18.2 Å². The molecule has 0 atom stereocenters. The van der Waals surface area contributed by atoms with Crippen LogP contribution < -0.4 is 14.8 Å². The van der Waals surface area contributed by atoms with Crippen LogP contribution in [0.5, 0.6) is 11.5 Å². The number of amides is 1. The summed E-state index contributed by atoms with van der Waals surface area (Å²) in [5, 5.41) is 2.62. The fraction of sp³-hybridized carbons (Fsp3) is 0.0667. The molecule has 0 spiro atoms. The topological polar surface area (TPSA) is 47.6 Å². The normalized spacial score (nSPS) is 9.79. The molecule has 0 bridgehead atoms. The molecular formula is C15H14NO3. The minimum absolute atomic E-state index is 0.350.